The minimum absolute atomic E-state index is 0.158. The Morgan fingerprint density at radius 1 is 1.11 bits per heavy atom. The average Bonchev–Trinajstić information content (AvgIpc) is 3.03. The molecule has 1 aromatic carbocycles. The van der Waals surface area contributed by atoms with Crippen LogP contribution in [0.5, 0.6) is 0 Å². The molecule has 8 nitrogen and oxygen atoms in total. The van der Waals surface area contributed by atoms with E-state index in [1.54, 1.807) is 32.9 Å². The number of rotatable bonds is 8. The maximum Gasteiger partial charge on any atom is 0.416 e. The number of fused-ring (bicyclic) bond motifs is 1. The van der Waals surface area contributed by atoms with E-state index >= 15 is 0 Å². The molecule has 0 saturated carbocycles. The number of esters is 2. The molecule has 0 N–H and O–H groups in total. The summed E-state index contributed by atoms with van der Waals surface area (Å²) in [5.74, 6) is -1.62. The monoisotopic (exact) mass is 540 g/mol. The van der Waals surface area contributed by atoms with E-state index in [0.717, 1.165) is 18.4 Å². The number of carbonyl (C=O) groups is 2. The normalized spacial score (nSPS) is 13.1. The number of carbonyl (C=O) groups excluding carboxylic acids is 2. The number of nitrogens with zero attached hydrogens (tertiary/aromatic N) is 2. The number of pyridine rings is 1. The maximum atomic E-state index is 13.9. The van der Waals surface area contributed by atoms with Crippen LogP contribution >= 0.6 is 0 Å². The van der Waals surface area contributed by atoms with Crippen molar-refractivity contribution >= 4 is 32.8 Å². The van der Waals surface area contributed by atoms with Gasteiger partial charge in [0.2, 0.25) is 6.29 Å². The van der Waals surface area contributed by atoms with E-state index < -0.39 is 50.6 Å². The summed E-state index contributed by atoms with van der Waals surface area (Å²) in [6, 6.07) is 6.21. The van der Waals surface area contributed by atoms with Gasteiger partial charge >= 0.3 is 18.1 Å². The lowest BCUT2D eigenvalue weighted by atomic mass is 10.1. The largest absolute Gasteiger partial charge is 0.425 e. The number of aromatic nitrogens is 2. The Balaban J connectivity index is 1.98. The Morgan fingerprint density at radius 2 is 1.78 bits per heavy atom. The van der Waals surface area contributed by atoms with Crippen LogP contribution in [0.25, 0.3) is 11.0 Å². The molecule has 37 heavy (non-hydrogen) atoms. The zero-order valence-corrected chi connectivity index (χ0v) is 21.7. The van der Waals surface area contributed by atoms with Gasteiger partial charge in [-0.3, -0.25) is 9.59 Å². The first-order valence-corrected chi connectivity index (χ1v) is 13.2. The quantitative estimate of drug-likeness (QED) is 0.307. The number of benzene rings is 1. The van der Waals surface area contributed by atoms with E-state index in [-0.39, 0.29) is 18.5 Å². The summed E-state index contributed by atoms with van der Waals surface area (Å²) in [6.07, 6.45) is -3.83. The molecular weight excluding hydrogens is 513 g/mol. The molecule has 2 heterocycles. The van der Waals surface area contributed by atoms with Gasteiger partial charge in [-0.05, 0) is 42.3 Å². The molecule has 2 aromatic heterocycles. The highest BCUT2D eigenvalue weighted by molar-refractivity contribution is 7.90. The molecule has 12 heteroatoms. The summed E-state index contributed by atoms with van der Waals surface area (Å²) in [7, 11) is -3.85. The van der Waals surface area contributed by atoms with Crippen molar-refractivity contribution in [3.8, 4) is 0 Å². The van der Waals surface area contributed by atoms with E-state index in [9.17, 15) is 31.2 Å². The molecule has 3 aromatic rings. The molecule has 0 radical (unpaired) electrons. The van der Waals surface area contributed by atoms with E-state index in [0.29, 0.717) is 28.4 Å². The van der Waals surface area contributed by atoms with Gasteiger partial charge in [-0.25, -0.2) is 13.4 Å². The SMILES string of the molecule is Cc1c(CC(=O)OC(C)OC(=O)C(C)C)c2cccnc2n1Cc1ccc(S(C)(=O)=O)cc1C(F)(F)F. The molecule has 0 aliphatic heterocycles. The second kappa shape index (κ2) is 10.5. The Morgan fingerprint density at radius 3 is 2.38 bits per heavy atom. The van der Waals surface area contributed by atoms with Crippen molar-refractivity contribution in [1.82, 2.24) is 9.55 Å². The molecule has 3 rings (SSSR count). The molecule has 1 atom stereocenters. The van der Waals surface area contributed by atoms with Gasteiger partial charge in [-0.15, -0.1) is 0 Å². The van der Waals surface area contributed by atoms with Gasteiger partial charge < -0.3 is 14.0 Å². The van der Waals surface area contributed by atoms with E-state index in [1.165, 1.54) is 17.7 Å². The van der Waals surface area contributed by atoms with Gasteiger partial charge in [0.05, 0.1) is 22.8 Å². The lowest BCUT2D eigenvalue weighted by Gasteiger charge is -2.16. The van der Waals surface area contributed by atoms with Crippen LogP contribution in [0.3, 0.4) is 0 Å². The summed E-state index contributed by atoms with van der Waals surface area (Å²) in [5, 5.41) is 0.546. The standard InChI is InChI=1S/C25H27F3N2O6S/c1-14(2)24(32)36-16(4)35-22(31)12-20-15(3)30(23-19(20)7-6-10-29-23)13-17-8-9-18(37(5,33)34)11-21(17)25(26,27)28/h6-11,14,16H,12-13H2,1-5H3. The van der Waals surface area contributed by atoms with Gasteiger partial charge in [-0.1, -0.05) is 19.9 Å². The molecule has 0 saturated heterocycles. The first-order valence-electron chi connectivity index (χ1n) is 11.3. The molecule has 0 aliphatic carbocycles. The number of alkyl halides is 3. The Kier molecular flexibility index (Phi) is 8.01. The summed E-state index contributed by atoms with van der Waals surface area (Å²) in [5.41, 5.74) is 0.0975. The summed E-state index contributed by atoms with van der Waals surface area (Å²) in [4.78, 5) is 28.2. The van der Waals surface area contributed by atoms with Crippen molar-refractivity contribution in [1.29, 1.82) is 0 Å². The number of hydrogen-bond acceptors (Lipinski definition) is 7. The van der Waals surface area contributed by atoms with Gasteiger partial charge in [0.25, 0.3) is 0 Å². The second-order valence-electron chi connectivity index (χ2n) is 8.94. The highest BCUT2D eigenvalue weighted by Crippen LogP contribution is 2.35. The molecule has 0 amide bonds. The third-order valence-corrected chi connectivity index (χ3v) is 6.83. The topological polar surface area (TPSA) is 105 Å². The van der Waals surface area contributed by atoms with Crippen LogP contribution in [0.2, 0.25) is 0 Å². The molecule has 200 valence electrons. The first kappa shape index (κ1) is 28.2. The fourth-order valence-electron chi connectivity index (χ4n) is 3.83. The van der Waals surface area contributed by atoms with Crippen molar-refractivity contribution in [2.75, 3.05) is 6.26 Å². The van der Waals surface area contributed by atoms with Crippen LogP contribution in [-0.2, 0) is 48.0 Å². The number of ether oxygens (including phenoxy) is 2. The number of hydrogen-bond donors (Lipinski definition) is 0. The highest BCUT2D eigenvalue weighted by atomic mass is 32.2. The van der Waals surface area contributed by atoms with Crippen molar-refractivity contribution in [3.05, 3.63) is 58.9 Å². The predicted octanol–water partition coefficient (Wildman–Crippen LogP) is 4.45. The summed E-state index contributed by atoms with van der Waals surface area (Å²) in [6.45, 7) is 6.07. The Labute approximate surface area is 212 Å². The Hall–Kier alpha value is -3.41. The minimum Gasteiger partial charge on any atom is -0.425 e. The molecule has 0 bridgehead atoms. The predicted molar refractivity (Wildman–Crippen MR) is 128 cm³/mol. The lowest BCUT2D eigenvalue weighted by molar-refractivity contribution is -0.186. The van der Waals surface area contributed by atoms with Gasteiger partial charge in [0.1, 0.15) is 5.65 Å². The van der Waals surface area contributed by atoms with Crippen LogP contribution < -0.4 is 0 Å². The number of sulfone groups is 1. The van der Waals surface area contributed by atoms with Gasteiger partial charge in [0.15, 0.2) is 9.84 Å². The minimum atomic E-state index is -4.80. The van der Waals surface area contributed by atoms with E-state index in [1.807, 2.05) is 0 Å². The fourth-order valence-corrected chi connectivity index (χ4v) is 4.48. The Bertz CT molecular complexity index is 1440. The van der Waals surface area contributed by atoms with Crippen molar-refractivity contribution in [3.63, 3.8) is 0 Å². The van der Waals surface area contributed by atoms with Crippen LogP contribution in [0.15, 0.2) is 41.4 Å². The first-order chi connectivity index (χ1) is 17.1. The van der Waals surface area contributed by atoms with Crippen molar-refractivity contribution < 1.29 is 40.7 Å². The highest BCUT2D eigenvalue weighted by Gasteiger charge is 2.35. The van der Waals surface area contributed by atoms with Crippen LogP contribution in [0.4, 0.5) is 13.2 Å². The zero-order chi connectivity index (χ0) is 27.7. The maximum absolute atomic E-state index is 13.9. The third kappa shape index (κ3) is 6.48. The second-order valence-corrected chi connectivity index (χ2v) is 11.0. The fraction of sp³-hybridized carbons (Fsp3) is 0.400. The molecule has 0 aliphatic rings. The van der Waals surface area contributed by atoms with E-state index in [4.69, 9.17) is 9.47 Å². The smallest absolute Gasteiger partial charge is 0.416 e. The summed E-state index contributed by atoms with van der Waals surface area (Å²) >= 11 is 0. The molecular formula is C25H27F3N2O6S. The summed E-state index contributed by atoms with van der Waals surface area (Å²) < 4.78 is 77.0. The average molecular weight is 541 g/mol. The van der Waals surface area contributed by atoms with Crippen LogP contribution in [0, 0.1) is 12.8 Å². The zero-order valence-electron chi connectivity index (χ0n) is 20.9. The van der Waals surface area contributed by atoms with E-state index in [2.05, 4.69) is 4.98 Å². The molecule has 0 spiro atoms. The third-order valence-electron chi connectivity index (χ3n) is 5.72. The van der Waals surface area contributed by atoms with Crippen LogP contribution in [0.1, 0.15) is 43.2 Å². The van der Waals surface area contributed by atoms with Gasteiger partial charge in [0, 0.05) is 37.0 Å². The lowest BCUT2D eigenvalue weighted by Crippen LogP contribution is -2.25. The van der Waals surface area contributed by atoms with Crippen molar-refractivity contribution in [2.45, 2.75) is 58.0 Å². The van der Waals surface area contributed by atoms with Gasteiger partial charge in [-0.2, -0.15) is 13.2 Å². The van der Waals surface area contributed by atoms with Crippen LogP contribution in [-0.4, -0.2) is 42.5 Å². The molecule has 1 unspecified atom stereocenters. The van der Waals surface area contributed by atoms with Crippen molar-refractivity contribution in [2.24, 2.45) is 5.92 Å². The number of halogens is 3. The molecule has 0 fully saturated rings.